The number of anilines is 1. The van der Waals surface area contributed by atoms with E-state index in [1.807, 2.05) is 12.1 Å². The largest absolute Gasteiger partial charge is 0.320 e. The summed E-state index contributed by atoms with van der Waals surface area (Å²) in [7, 11) is 0. The molecular weight excluding hydrogens is 300 g/mol. The minimum Gasteiger partial charge on any atom is -0.320 e. The molecule has 0 aliphatic rings. The van der Waals surface area contributed by atoms with Gasteiger partial charge in [0.25, 0.3) is 5.91 Å². The van der Waals surface area contributed by atoms with Crippen molar-refractivity contribution in [1.29, 1.82) is 0 Å². The Morgan fingerprint density at radius 1 is 1.47 bits per heavy atom. The molecule has 2 rings (SSSR count). The zero-order valence-electron chi connectivity index (χ0n) is 9.24. The summed E-state index contributed by atoms with van der Waals surface area (Å²) in [6, 6.07) is 5.60. The number of hydrogen-bond donors (Lipinski definition) is 1. The minimum atomic E-state index is -0.0819. The van der Waals surface area contributed by atoms with Gasteiger partial charge in [-0.25, -0.2) is 0 Å². The Kier molecular flexibility index (Phi) is 3.91. The van der Waals surface area contributed by atoms with E-state index in [1.165, 1.54) is 16.2 Å². The number of hydrogen-bond acceptors (Lipinski definition) is 3. The van der Waals surface area contributed by atoms with E-state index in [4.69, 9.17) is 0 Å². The Morgan fingerprint density at radius 2 is 2.29 bits per heavy atom. The molecule has 2 heterocycles. The molecule has 0 aliphatic carbocycles. The van der Waals surface area contributed by atoms with Crippen LogP contribution in [0, 0.1) is 0 Å². The summed E-state index contributed by atoms with van der Waals surface area (Å²) in [5.41, 5.74) is 0.733. The molecule has 0 unspecified atom stereocenters. The Labute approximate surface area is 112 Å². The molecule has 0 saturated carbocycles. The zero-order chi connectivity index (χ0) is 12.3. The maximum Gasteiger partial charge on any atom is 0.265 e. The van der Waals surface area contributed by atoms with Gasteiger partial charge in [-0.3, -0.25) is 9.78 Å². The van der Waals surface area contributed by atoms with Crippen LogP contribution in [-0.4, -0.2) is 10.9 Å². The quantitative estimate of drug-likeness (QED) is 0.938. The molecule has 88 valence electrons. The van der Waals surface area contributed by atoms with Gasteiger partial charge in [0.05, 0.1) is 15.0 Å². The second-order valence-electron chi connectivity index (χ2n) is 3.43. The van der Waals surface area contributed by atoms with Crippen molar-refractivity contribution in [3.05, 3.63) is 44.8 Å². The van der Waals surface area contributed by atoms with Gasteiger partial charge in [-0.1, -0.05) is 6.92 Å². The molecule has 0 radical (unpaired) electrons. The number of amides is 1. The van der Waals surface area contributed by atoms with Crippen LogP contribution in [-0.2, 0) is 6.42 Å². The van der Waals surface area contributed by atoms with Gasteiger partial charge in [-0.2, -0.15) is 0 Å². The molecule has 0 aromatic carbocycles. The Hall–Kier alpha value is -1.20. The molecule has 0 bridgehead atoms. The van der Waals surface area contributed by atoms with Gasteiger partial charge >= 0.3 is 0 Å². The highest BCUT2D eigenvalue weighted by molar-refractivity contribution is 9.10. The van der Waals surface area contributed by atoms with Crippen LogP contribution >= 0.6 is 27.3 Å². The third-order valence-electron chi connectivity index (χ3n) is 2.25. The van der Waals surface area contributed by atoms with Crippen LogP contribution in [0.25, 0.3) is 0 Å². The van der Waals surface area contributed by atoms with Crippen molar-refractivity contribution < 1.29 is 4.79 Å². The van der Waals surface area contributed by atoms with Crippen molar-refractivity contribution in [2.24, 2.45) is 0 Å². The van der Waals surface area contributed by atoms with Crippen molar-refractivity contribution in [1.82, 2.24) is 4.98 Å². The molecule has 1 N–H and O–H groups in total. The van der Waals surface area contributed by atoms with Gasteiger partial charge < -0.3 is 5.32 Å². The molecule has 0 fully saturated rings. The lowest BCUT2D eigenvalue weighted by atomic mass is 10.3. The van der Waals surface area contributed by atoms with E-state index in [9.17, 15) is 4.79 Å². The Balaban J connectivity index is 2.14. The minimum absolute atomic E-state index is 0.0819. The first kappa shape index (κ1) is 12.3. The van der Waals surface area contributed by atoms with Crippen molar-refractivity contribution in [2.45, 2.75) is 13.3 Å². The molecule has 1 amide bonds. The first-order chi connectivity index (χ1) is 8.20. The maximum atomic E-state index is 12.0. The van der Waals surface area contributed by atoms with Gasteiger partial charge in [0.2, 0.25) is 0 Å². The number of nitrogens with one attached hydrogen (secondary N) is 1. The number of pyridine rings is 1. The molecule has 0 aliphatic heterocycles. The molecule has 0 saturated heterocycles. The molecule has 17 heavy (non-hydrogen) atoms. The fourth-order valence-electron chi connectivity index (χ4n) is 1.35. The molecule has 2 aromatic heterocycles. The molecule has 0 atom stereocenters. The molecule has 5 heteroatoms. The van der Waals surface area contributed by atoms with Crippen LogP contribution < -0.4 is 5.32 Å². The lowest BCUT2D eigenvalue weighted by molar-refractivity contribution is 0.103. The summed E-state index contributed by atoms with van der Waals surface area (Å²) >= 11 is 4.87. The van der Waals surface area contributed by atoms with Gasteiger partial charge in [-0.15, -0.1) is 11.3 Å². The number of thiophene rings is 1. The highest BCUT2D eigenvalue weighted by Gasteiger charge is 2.10. The lowest BCUT2D eigenvalue weighted by Crippen LogP contribution is -2.10. The van der Waals surface area contributed by atoms with E-state index in [2.05, 4.69) is 33.2 Å². The van der Waals surface area contributed by atoms with E-state index < -0.39 is 0 Å². The highest BCUT2D eigenvalue weighted by atomic mass is 79.9. The smallest absolute Gasteiger partial charge is 0.265 e. The molecular formula is C12H11BrN2OS. The topological polar surface area (TPSA) is 42.0 Å². The molecule has 3 nitrogen and oxygen atoms in total. The van der Waals surface area contributed by atoms with Crippen LogP contribution in [0.4, 0.5) is 5.69 Å². The number of rotatable bonds is 3. The van der Waals surface area contributed by atoms with Crippen molar-refractivity contribution in [3.63, 3.8) is 0 Å². The Morgan fingerprint density at radius 3 is 2.94 bits per heavy atom. The molecule has 0 spiro atoms. The standard InChI is InChI=1S/C12H11BrN2OS/c1-2-8-3-4-11(17-8)12(16)15-10-5-6-14-7-9(10)13/h3-7H,2H2,1H3,(H,14,15,16). The van der Waals surface area contributed by atoms with Crippen LogP contribution in [0.15, 0.2) is 35.1 Å². The number of carbonyl (C=O) groups excluding carboxylic acids is 1. The average Bonchev–Trinajstić information content (AvgIpc) is 2.81. The maximum absolute atomic E-state index is 12.0. The number of nitrogens with zero attached hydrogens (tertiary/aromatic N) is 1. The Bertz CT molecular complexity index is 539. The predicted molar refractivity (Wildman–Crippen MR) is 73.6 cm³/mol. The first-order valence-electron chi connectivity index (χ1n) is 5.20. The summed E-state index contributed by atoms with van der Waals surface area (Å²) < 4.78 is 0.778. The van der Waals surface area contributed by atoms with E-state index in [0.29, 0.717) is 0 Å². The summed E-state index contributed by atoms with van der Waals surface area (Å²) in [6.45, 7) is 2.08. The predicted octanol–water partition coefficient (Wildman–Crippen LogP) is 3.72. The number of aromatic nitrogens is 1. The van der Waals surface area contributed by atoms with E-state index >= 15 is 0 Å². The fourth-order valence-corrected chi connectivity index (χ4v) is 2.54. The van der Waals surface area contributed by atoms with Gasteiger partial charge in [0.15, 0.2) is 0 Å². The normalized spacial score (nSPS) is 10.2. The van der Waals surface area contributed by atoms with E-state index in [1.54, 1.807) is 18.5 Å². The number of halogens is 1. The molecule has 2 aromatic rings. The summed E-state index contributed by atoms with van der Waals surface area (Å²) in [5, 5.41) is 2.85. The van der Waals surface area contributed by atoms with Crippen LogP contribution in [0.2, 0.25) is 0 Å². The van der Waals surface area contributed by atoms with Crippen LogP contribution in [0.3, 0.4) is 0 Å². The van der Waals surface area contributed by atoms with Crippen molar-refractivity contribution in [2.75, 3.05) is 5.32 Å². The highest BCUT2D eigenvalue weighted by Crippen LogP contribution is 2.23. The number of aryl methyl sites for hydroxylation is 1. The summed E-state index contributed by atoms with van der Waals surface area (Å²) in [4.78, 5) is 17.8. The van der Waals surface area contributed by atoms with Crippen molar-refractivity contribution in [3.8, 4) is 0 Å². The van der Waals surface area contributed by atoms with Gasteiger partial charge in [-0.05, 0) is 40.5 Å². The fraction of sp³-hybridized carbons (Fsp3) is 0.167. The van der Waals surface area contributed by atoms with Gasteiger partial charge in [0, 0.05) is 17.3 Å². The third-order valence-corrected chi connectivity index (χ3v) is 4.11. The lowest BCUT2D eigenvalue weighted by Gasteiger charge is -2.04. The summed E-state index contributed by atoms with van der Waals surface area (Å²) in [6.07, 6.45) is 4.25. The van der Waals surface area contributed by atoms with Crippen molar-refractivity contribution >= 4 is 38.9 Å². The second kappa shape index (κ2) is 5.42. The van der Waals surface area contributed by atoms with Crippen LogP contribution in [0.5, 0.6) is 0 Å². The third kappa shape index (κ3) is 2.92. The second-order valence-corrected chi connectivity index (χ2v) is 5.45. The average molecular weight is 311 g/mol. The van der Waals surface area contributed by atoms with Gasteiger partial charge in [0.1, 0.15) is 0 Å². The number of carbonyl (C=O) groups is 1. The van der Waals surface area contributed by atoms with E-state index in [-0.39, 0.29) is 5.91 Å². The van der Waals surface area contributed by atoms with E-state index in [0.717, 1.165) is 21.5 Å². The van der Waals surface area contributed by atoms with Crippen LogP contribution in [0.1, 0.15) is 21.5 Å². The first-order valence-corrected chi connectivity index (χ1v) is 6.81. The monoisotopic (exact) mass is 310 g/mol. The SMILES string of the molecule is CCc1ccc(C(=O)Nc2ccncc2Br)s1. The zero-order valence-corrected chi connectivity index (χ0v) is 11.6. The summed E-state index contributed by atoms with van der Waals surface area (Å²) in [5.74, 6) is -0.0819.